The number of hydrogen-bond donors (Lipinski definition) is 3. The summed E-state index contributed by atoms with van der Waals surface area (Å²) >= 11 is 3.81. The maximum Gasteiger partial charge on any atom is 0.341 e. The maximum absolute atomic E-state index is 13.0. The number of ether oxygens (including phenoxy) is 3. The molecule has 36 heavy (non-hydrogen) atoms. The first-order valence-electron chi connectivity index (χ1n) is 11.0. The molecular weight excluding hydrogens is 488 g/mol. The van der Waals surface area contributed by atoms with E-state index in [1.165, 1.54) is 36.4 Å². The van der Waals surface area contributed by atoms with Crippen LogP contribution in [0.2, 0.25) is 0 Å². The number of anilines is 1. The van der Waals surface area contributed by atoms with Gasteiger partial charge in [-0.2, -0.15) is 0 Å². The first-order valence-corrected chi connectivity index (χ1v) is 11.4. The Hall–Kier alpha value is -3.70. The second-order valence-corrected chi connectivity index (χ2v) is 8.12. The number of hydrogen-bond acceptors (Lipinski definition) is 9. The molecule has 0 spiro atoms. The quantitative estimate of drug-likeness (QED) is 0.118. The Bertz CT molecular complexity index is 1050. The Kier molecular flexibility index (Phi) is 11.1. The van der Waals surface area contributed by atoms with Gasteiger partial charge in [0.15, 0.2) is 5.12 Å². The lowest BCUT2D eigenvalue weighted by molar-refractivity contribution is -0.151. The van der Waals surface area contributed by atoms with Crippen LogP contribution in [0.4, 0.5) is 5.69 Å². The fraction of sp³-hybridized carbons (Fsp3) is 0.320. The Balaban J connectivity index is 2.24. The Labute approximate surface area is 214 Å². The van der Waals surface area contributed by atoms with Gasteiger partial charge in [0.2, 0.25) is 5.91 Å². The van der Waals surface area contributed by atoms with Gasteiger partial charge in [0.1, 0.15) is 25.7 Å². The molecule has 0 radical (unpaired) electrons. The van der Waals surface area contributed by atoms with Crippen molar-refractivity contribution < 1.29 is 38.2 Å². The number of carbonyl (C=O) groups is 5. The molecule has 1 heterocycles. The zero-order valence-corrected chi connectivity index (χ0v) is 20.5. The van der Waals surface area contributed by atoms with E-state index in [9.17, 15) is 24.0 Å². The minimum absolute atomic E-state index is 0.0274. The summed E-state index contributed by atoms with van der Waals surface area (Å²) in [6.45, 7) is 10.3. The van der Waals surface area contributed by atoms with E-state index in [1.54, 1.807) is 0 Å². The predicted molar refractivity (Wildman–Crippen MR) is 135 cm³/mol. The molecule has 0 aliphatic carbocycles. The summed E-state index contributed by atoms with van der Waals surface area (Å²) in [7, 11) is 0. The Morgan fingerprint density at radius 2 is 1.61 bits per heavy atom. The number of rotatable bonds is 13. The molecule has 0 bridgehead atoms. The van der Waals surface area contributed by atoms with Gasteiger partial charge in [0.05, 0.1) is 22.9 Å². The third-order valence-corrected chi connectivity index (χ3v) is 5.51. The second kappa shape index (κ2) is 14.0. The van der Waals surface area contributed by atoms with Crippen LogP contribution in [0.3, 0.4) is 0 Å². The highest BCUT2D eigenvalue weighted by molar-refractivity contribution is 7.96. The van der Waals surface area contributed by atoms with Crippen LogP contribution in [0, 0.1) is 11.8 Å². The van der Waals surface area contributed by atoms with Crippen molar-refractivity contribution in [2.75, 3.05) is 31.7 Å². The lowest BCUT2D eigenvalue weighted by atomic mass is 9.90. The molecular formula is C25H28N2O8S. The molecule has 0 saturated carbocycles. The highest BCUT2D eigenvalue weighted by Gasteiger charge is 2.41. The fourth-order valence-electron chi connectivity index (χ4n) is 3.63. The number of benzene rings is 1. The third kappa shape index (κ3) is 7.40. The number of nitrogens with one attached hydrogen (secondary N) is 2. The van der Waals surface area contributed by atoms with E-state index in [-0.39, 0.29) is 49.6 Å². The zero-order valence-electron chi connectivity index (χ0n) is 19.6. The van der Waals surface area contributed by atoms with E-state index in [0.717, 1.165) is 0 Å². The second-order valence-electron chi connectivity index (χ2n) is 7.68. The molecule has 1 aromatic rings. The molecule has 1 fully saturated rings. The summed E-state index contributed by atoms with van der Waals surface area (Å²) in [4.78, 5) is 62.6. The van der Waals surface area contributed by atoms with E-state index >= 15 is 0 Å². The molecule has 3 atom stereocenters. The first-order chi connectivity index (χ1) is 17.2. The predicted octanol–water partition coefficient (Wildman–Crippen LogP) is 2.09. The minimum Gasteiger partial charge on any atom is -0.461 e. The van der Waals surface area contributed by atoms with Crippen molar-refractivity contribution in [1.82, 2.24) is 5.32 Å². The van der Waals surface area contributed by atoms with Crippen LogP contribution in [0.5, 0.6) is 0 Å². The fourth-order valence-corrected chi connectivity index (χ4v) is 3.94. The highest BCUT2D eigenvalue weighted by atomic mass is 32.1. The molecule has 1 aliphatic rings. The van der Waals surface area contributed by atoms with Crippen LogP contribution in [0.15, 0.2) is 56.2 Å². The van der Waals surface area contributed by atoms with Gasteiger partial charge in [0, 0.05) is 6.54 Å². The summed E-state index contributed by atoms with van der Waals surface area (Å²) in [6.07, 6.45) is 4.23. The van der Waals surface area contributed by atoms with Gasteiger partial charge in [-0.05, 0) is 24.5 Å². The summed E-state index contributed by atoms with van der Waals surface area (Å²) in [5.74, 6) is -4.66. The van der Waals surface area contributed by atoms with E-state index in [1.807, 2.05) is 0 Å². The van der Waals surface area contributed by atoms with Crippen molar-refractivity contribution in [3.8, 4) is 0 Å². The molecule has 1 saturated heterocycles. The molecule has 1 unspecified atom stereocenters. The average Bonchev–Trinajstić information content (AvgIpc) is 3.33. The van der Waals surface area contributed by atoms with E-state index in [2.05, 4.69) is 43.0 Å². The first kappa shape index (κ1) is 28.5. The monoisotopic (exact) mass is 516 g/mol. The molecule has 1 aromatic carbocycles. The normalized spacial score (nSPS) is 17.2. The van der Waals surface area contributed by atoms with Gasteiger partial charge in [-0.25, -0.2) is 9.59 Å². The molecule has 2 N–H and O–H groups in total. The Morgan fingerprint density at radius 3 is 2.22 bits per heavy atom. The summed E-state index contributed by atoms with van der Waals surface area (Å²) < 4.78 is 15.1. The standard InChI is InChI=1S/C25H28N2O8S/c1-4-10-33-22(29)16-8-7-9-17(20(16)24(31)35-12-6-3)27-21(28)18-13-15(14-26-18)19(25(32)36)23(30)34-11-5-2/h4-9,15,18-19,26H,1-3,10-14H2,(H,27,28)(H,32,36)/t15-,18?,19+/m1/s1. The molecule has 1 aliphatic heterocycles. The van der Waals surface area contributed by atoms with Crippen LogP contribution in [-0.4, -0.2) is 61.3 Å². The highest BCUT2D eigenvalue weighted by Crippen LogP contribution is 2.28. The number of carbonyl (C=O) groups excluding carboxylic acids is 5. The number of amides is 1. The number of thiol groups is 1. The van der Waals surface area contributed by atoms with Gasteiger partial charge in [-0.3, -0.25) is 14.4 Å². The van der Waals surface area contributed by atoms with Crippen LogP contribution in [0.25, 0.3) is 0 Å². The van der Waals surface area contributed by atoms with Crippen LogP contribution in [-0.2, 0) is 28.6 Å². The topological polar surface area (TPSA) is 137 Å². The van der Waals surface area contributed by atoms with E-state index in [0.29, 0.717) is 0 Å². The van der Waals surface area contributed by atoms with Gasteiger partial charge in [0.25, 0.3) is 0 Å². The van der Waals surface area contributed by atoms with Crippen LogP contribution < -0.4 is 10.6 Å². The van der Waals surface area contributed by atoms with Crippen LogP contribution >= 0.6 is 12.6 Å². The third-order valence-electron chi connectivity index (χ3n) is 5.23. The van der Waals surface area contributed by atoms with Crippen molar-refractivity contribution in [2.24, 2.45) is 11.8 Å². The van der Waals surface area contributed by atoms with Gasteiger partial charge in [-0.15, -0.1) is 12.6 Å². The molecule has 11 heteroatoms. The average molecular weight is 517 g/mol. The SMILES string of the molecule is C=CCOC(=O)c1cccc(NC(=O)C2C[C@@H]([C@H](C(=O)S)C(=O)OCC=C)CN2)c1C(=O)OCC=C. The molecule has 10 nitrogen and oxygen atoms in total. The van der Waals surface area contributed by atoms with Gasteiger partial charge < -0.3 is 24.8 Å². The van der Waals surface area contributed by atoms with Gasteiger partial charge >= 0.3 is 17.9 Å². The smallest absolute Gasteiger partial charge is 0.341 e. The molecule has 2 rings (SSSR count). The molecule has 0 aromatic heterocycles. The van der Waals surface area contributed by atoms with Crippen molar-refractivity contribution in [1.29, 1.82) is 0 Å². The van der Waals surface area contributed by atoms with Crippen molar-refractivity contribution in [3.63, 3.8) is 0 Å². The van der Waals surface area contributed by atoms with E-state index in [4.69, 9.17) is 14.2 Å². The van der Waals surface area contributed by atoms with Crippen molar-refractivity contribution in [2.45, 2.75) is 12.5 Å². The largest absolute Gasteiger partial charge is 0.461 e. The lowest BCUT2D eigenvalue weighted by Crippen LogP contribution is -2.36. The van der Waals surface area contributed by atoms with Crippen molar-refractivity contribution >= 4 is 47.2 Å². The molecule has 192 valence electrons. The molecule has 1 amide bonds. The lowest BCUT2D eigenvalue weighted by Gasteiger charge is -2.18. The number of esters is 3. The summed E-state index contributed by atoms with van der Waals surface area (Å²) in [6, 6.07) is 3.48. The zero-order chi connectivity index (χ0) is 26.7. The van der Waals surface area contributed by atoms with Crippen molar-refractivity contribution in [3.05, 3.63) is 67.3 Å². The Morgan fingerprint density at radius 1 is 1.00 bits per heavy atom. The summed E-state index contributed by atoms with van der Waals surface area (Å²) in [5.41, 5.74) is -0.265. The van der Waals surface area contributed by atoms with Crippen LogP contribution in [0.1, 0.15) is 27.1 Å². The summed E-state index contributed by atoms with van der Waals surface area (Å²) in [5, 5.41) is 4.92. The minimum atomic E-state index is -1.16. The van der Waals surface area contributed by atoms with E-state index < -0.39 is 46.8 Å². The van der Waals surface area contributed by atoms with Gasteiger partial charge in [-0.1, -0.05) is 44.0 Å². The maximum atomic E-state index is 13.0.